The van der Waals surface area contributed by atoms with Crippen molar-refractivity contribution in [1.29, 1.82) is 0 Å². The Bertz CT molecular complexity index is 156. The second kappa shape index (κ2) is 3.57. The maximum Gasteiger partial charge on any atom is -0.00397 e. The molecule has 0 fully saturated rings. The molecule has 1 aliphatic carbocycles. The van der Waals surface area contributed by atoms with Crippen LogP contribution in [-0.2, 0) is 0 Å². The summed E-state index contributed by atoms with van der Waals surface area (Å²) < 4.78 is 0. The third-order valence-corrected chi connectivity index (χ3v) is 2.00. The lowest BCUT2D eigenvalue weighted by Gasteiger charge is -2.15. The molecule has 0 heterocycles. The highest BCUT2D eigenvalue weighted by Gasteiger charge is 2.07. The third kappa shape index (κ3) is 1.71. The van der Waals surface area contributed by atoms with Crippen molar-refractivity contribution < 1.29 is 0 Å². The van der Waals surface area contributed by atoms with Gasteiger partial charge in [0.25, 0.3) is 0 Å². The highest BCUT2D eigenvalue weighted by atomic mass is 14.5. The van der Waals surface area contributed by atoms with Gasteiger partial charge in [0.15, 0.2) is 0 Å². The van der Waals surface area contributed by atoms with E-state index in [4.69, 9.17) is 5.73 Å². The van der Waals surface area contributed by atoms with Crippen LogP contribution < -0.4 is 5.73 Å². The van der Waals surface area contributed by atoms with Crippen LogP contribution in [0.25, 0.3) is 0 Å². The van der Waals surface area contributed by atoms with E-state index in [1.165, 1.54) is 12.0 Å². The summed E-state index contributed by atoms with van der Waals surface area (Å²) in [6, 6.07) is 0. The number of rotatable bonds is 2. The van der Waals surface area contributed by atoms with Crippen LogP contribution in [0, 0.1) is 5.92 Å². The second-order valence-corrected chi connectivity index (χ2v) is 2.85. The first-order chi connectivity index (χ1) is 4.84. The standard InChI is InChI=1S/C9H15N/c1-8-4-2-3-5-9(8)6-7-10/h2-3,5,8H,4,6-7,10H2,1H3. The van der Waals surface area contributed by atoms with Crippen LogP contribution in [0.2, 0.25) is 0 Å². The number of hydrogen-bond acceptors (Lipinski definition) is 1. The van der Waals surface area contributed by atoms with Gasteiger partial charge in [-0.05, 0) is 25.3 Å². The molecule has 0 bridgehead atoms. The molecule has 0 spiro atoms. The van der Waals surface area contributed by atoms with Gasteiger partial charge in [-0.15, -0.1) is 0 Å². The summed E-state index contributed by atoms with van der Waals surface area (Å²) in [5.41, 5.74) is 6.96. The predicted octanol–water partition coefficient (Wildman–Crippen LogP) is 1.86. The lowest BCUT2D eigenvalue weighted by molar-refractivity contribution is 0.649. The van der Waals surface area contributed by atoms with Gasteiger partial charge in [0.2, 0.25) is 0 Å². The molecule has 1 heteroatoms. The lowest BCUT2D eigenvalue weighted by atomic mass is 9.91. The quantitative estimate of drug-likeness (QED) is 0.617. The molecule has 56 valence electrons. The Morgan fingerprint density at radius 2 is 2.50 bits per heavy atom. The van der Waals surface area contributed by atoms with Crippen molar-refractivity contribution in [3.05, 3.63) is 23.8 Å². The first-order valence-electron chi connectivity index (χ1n) is 3.90. The van der Waals surface area contributed by atoms with Gasteiger partial charge < -0.3 is 5.73 Å². The van der Waals surface area contributed by atoms with Crippen molar-refractivity contribution in [3.8, 4) is 0 Å². The van der Waals surface area contributed by atoms with Crippen molar-refractivity contribution in [2.24, 2.45) is 11.7 Å². The molecule has 0 aliphatic heterocycles. The summed E-state index contributed by atoms with van der Waals surface area (Å²) in [5.74, 6) is 0.716. The molecule has 1 aliphatic rings. The van der Waals surface area contributed by atoms with Crippen LogP contribution in [-0.4, -0.2) is 6.54 Å². The summed E-state index contributed by atoms with van der Waals surface area (Å²) in [6.45, 7) is 3.04. The maximum atomic E-state index is 5.46. The lowest BCUT2D eigenvalue weighted by Crippen LogP contribution is -2.07. The van der Waals surface area contributed by atoms with Crippen molar-refractivity contribution in [2.45, 2.75) is 19.8 Å². The smallest absolute Gasteiger partial charge is 0.00397 e. The van der Waals surface area contributed by atoms with Gasteiger partial charge in [-0.2, -0.15) is 0 Å². The van der Waals surface area contributed by atoms with Gasteiger partial charge in [-0.1, -0.05) is 30.7 Å². The molecule has 0 saturated heterocycles. The minimum Gasteiger partial charge on any atom is -0.330 e. The van der Waals surface area contributed by atoms with Crippen LogP contribution in [0.3, 0.4) is 0 Å². The van der Waals surface area contributed by atoms with Gasteiger partial charge in [-0.3, -0.25) is 0 Å². The minimum absolute atomic E-state index is 0.716. The Balaban J connectivity index is 2.52. The molecule has 1 rings (SSSR count). The Labute approximate surface area is 62.6 Å². The fourth-order valence-corrected chi connectivity index (χ4v) is 1.29. The largest absolute Gasteiger partial charge is 0.330 e. The van der Waals surface area contributed by atoms with E-state index >= 15 is 0 Å². The van der Waals surface area contributed by atoms with E-state index in [0.29, 0.717) is 5.92 Å². The van der Waals surface area contributed by atoms with Crippen molar-refractivity contribution in [2.75, 3.05) is 6.54 Å². The normalized spacial score (nSPS) is 24.6. The molecule has 0 saturated carbocycles. The molecule has 0 aromatic carbocycles. The minimum atomic E-state index is 0.716. The maximum absolute atomic E-state index is 5.46. The van der Waals surface area contributed by atoms with E-state index in [0.717, 1.165) is 13.0 Å². The summed E-state index contributed by atoms with van der Waals surface area (Å²) in [4.78, 5) is 0. The van der Waals surface area contributed by atoms with Crippen LogP contribution >= 0.6 is 0 Å². The van der Waals surface area contributed by atoms with Crippen molar-refractivity contribution in [3.63, 3.8) is 0 Å². The molecule has 0 amide bonds. The predicted molar refractivity (Wildman–Crippen MR) is 44.7 cm³/mol. The van der Waals surface area contributed by atoms with Crippen LogP contribution in [0.5, 0.6) is 0 Å². The van der Waals surface area contributed by atoms with Gasteiger partial charge in [0.1, 0.15) is 0 Å². The fourth-order valence-electron chi connectivity index (χ4n) is 1.29. The van der Waals surface area contributed by atoms with Gasteiger partial charge in [-0.25, -0.2) is 0 Å². The van der Waals surface area contributed by atoms with E-state index in [9.17, 15) is 0 Å². The molecule has 2 N–H and O–H groups in total. The second-order valence-electron chi connectivity index (χ2n) is 2.85. The Kier molecular flexibility index (Phi) is 2.69. The van der Waals surface area contributed by atoms with Gasteiger partial charge in [0, 0.05) is 0 Å². The Morgan fingerprint density at radius 1 is 1.70 bits per heavy atom. The highest BCUT2D eigenvalue weighted by Crippen LogP contribution is 2.21. The van der Waals surface area contributed by atoms with Crippen molar-refractivity contribution >= 4 is 0 Å². The number of hydrogen-bond donors (Lipinski definition) is 1. The van der Waals surface area contributed by atoms with Crippen LogP contribution in [0.4, 0.5) is 0 Å². The average molecular weight is 137 g/mol. The van der Waals surface area contributed by atoms with E-state index in [-0.39, 0.29) is 0 Å². The number of allylic oxidation sites excluding steroid dienone is 3. The summed E-state index contributed by atoms with van der Waals surface area (Å²) in [7, 11) is 0. The van der Waals surface area contributed by atoms with Crippen LogP contribution in [0.15, 0.2) is 23.8 Å². The molecule has 10 heavy (non-hydrogen) atoms. The number of nitrogens with two attached hydrogens (primary N) is 1. The van der Waals surface area contributed by atoms with Gasteiger partial charge >= 0.3 is 0 Å². The van der Waals surface area contributed by atoms with E-state index in [1.807, 2.05) is 0 Å². The Morgan fingerprint density at radius 3 is 3.10 bits per heavy atom. The van der Waals surface area contributed by atoms with Crippen molar-refractivity contribution in [1.82, 2.24) is 0 Å². The molecule has 0 aromatic rings. The molecule has 1 nitrogen and oxygen atoms in total. The zero-order valence-electron chi connectivity index (χ0n) is 6.51. The fraction of sp³-hybridized carbons (Fsp3) is 0.556. The van der Waals surface area contributed by atoms with Gasteiger partial charge in [0.05, 0.1) is 0 Å². The highest BCUT2D eigenvalue weighted by molar-refractivity contribution is 5.20. The summed E-state index contributed by atoms with van der Waals surface area (Å²) in [6.07, 6.45) is 8.79. The third-order valence-electron chi connectivity index (χ3n) is 2.00. The molecule has 0 aromatic heterocycles. The molecule has 0 radical (unpaired) electrons. The van der Waals surface area contributed by atoms with Crippen LogP contribution in [0.1, 0.15) is 19.8 Å². The SMILES string of the molecule is CC1CC=CC=C1CCN. The zero-order valence-corrected chi connectivity index (χ0v) is 6.51. The monoisotopic (exact) mass is 137 g/mol. The molecule has 1 unspecified atom stereocenters. The molecular formula is C9H15N. The van der Waals surface area contributed by atoms with E-state index in [1.54, 1.807) is 0 Å². The van der Waals surface area contributed by atoms with E-state index in [2.05, 4.69) is 25.2 Å². The summed E-state index contributed by atoms with van der Waals surface area (Å²) in [5, 5.41) is 0. The average Bonchev–Trinajstić information content (AvgIpc) is 1.94. The first-order valence-corrected chi connectivity index (χ1v) is 3.90. The van der Waals surface area contributed by atoms with E-state index < -0.39 is 0 Å². The molecular weight excluding hydrogens is 122 g/mol. The topological polar surface area (TPSA) is 26.0 Å². The zero-order chi connectivity index (χ0) is 7.40. The summed E-state index contributed by atoms with van der Waals surface area (Å²) >= 11 is 0. The molecule has 1 atom stereocenters. The first kappa shape index (κ1) is 7.55. The Hall–Kier alpha value is -0.560.